The maximum Gasteiger partial charge on any atom is 0.416 e. The molecule has 0 aromatic heterocycles. The molecule has 0 spiro atoms. The lowest BCUT2D eigenvalue weighted by Crippen LogP contribution is -2.17. The first-order valence-corrected chi connectivity index (χ1v) is 7.11. The second-order valence-electron chi connectivity index (χ2n) is 5.47. The molecule has 0 radical (unpaired) electrons. The number of hydrogen-bond donors (Lipinski definition) is 0. The lowest BCUT2D eigenvalue weighted by Gasteiger charge is -2.13. The van der Waals surface area contributed by atoms with Crippen LogP contribution in [0.1, 0.15) is 54.4 Å². The van der Waals surface area contributed by atoms with E-state index in [0.29, 0.717) is 12.8 Å². The lowest BCUT2D eigenvalue weighted by molar-refractivity contribution is -0.137. The van der Waals surface area contributed by atoms with Crippen LogP contribution in [0.3, 0.4) is 0 Å². The Bertz CT molecular complexity index is 535. The van der Waals surface area contributed by atoms with Crippen LogP contribution >= 0.6 is 0 Å². The molecule has 1 aliphatic carbocycles. The van der Waals surface area contributed by atoms with Crippen LogP contribution in [0.25, 0.3) is 0 Å². The van der Waals surface area contributed by atoms with Crippen molar-refractivity contribution < 1.29 is 22.8 Å². The first kappa shape index (κ1) is 15.7. The maximum atomic E-state index is 12.6. The zero-order valence-corrected chi connectivity index (χ0v) is 11.6. The number of carbonyl (C=O) groups excluding carboxylic acids is 2. The van der Waals surface area contributed by atoms with Gasteiger partial charge in [-0.3, -0.25) is 9.59 Å². The lowest BCUT2D eigenvalue weighted by atomic mass is 9.90. The highest BCUT2D eigenvalue weighted by Gasteiger charge is 2.31. The van der Waals surface area contributed by atoms with E-state index in [9.17, 15) is 22.8 Å². The highest BCUT2D eigenvalue weighted by molar-refractivity contribution is 5.99. The maximum absolute atomic E-state index is 12.6. The van der Waals surface area contributed by atoms with E-state index in [4.69, 9.17) is 0 Å². The van der Waals surface area contributed by atoms with E-state index >= 15 is 0 Å². The number of hydrogen-bond acceptors (Lipinski definition) is 2. The Labute approximate surface area is 121 Å². The van der Waals surface area contributed by atoms with Gasteiger partial charge < -0.3 is 0 Å². The van der Waals surface area contributed by atoms with Gasteiger partial charge in [-0.05, 0) is 25.0 Å². The molecule has 0 N–H and O–H groups in total. The molecule has 0 bridgehead atoms. The summed E-state index contributed by atoms with van der Waals surface area (Å²) in [4.78, 5) is 24.0. The third-order valence-electron chi connectivity index (χ3n) is 3.87. The van der Waals surface area contributed by atoms with Gasteiger partial charge in [-0.15, -0.1) is 0 Å². The highest BCUT2D eigenvalue weighted by atomic mass is 19.4. The van der Waals surface area contributed by atoms with Gasteiger partial charge in [0.05, 0.1) is 5.56 Å². The molecule has 5 heteroatoms. The van der Waals surface area contributed by atoms with Gasteiger partial charge >= 0.3 is 6.18 Å². The van der Waals surface area contributed by atoms with Crippen molar-refractivity contribution in [3.8, 4) is 0 Å². The summed E-state index contributed by atoms with van der Waals surface area (Å²) in [6, 6.07) is 4.40. The van der Waals surface area contributed by atoms with Gasteiger partial charge in [-0.25, -0.2) is 0 Å². The predicted octanol–water partition coefficient (Wildman–Crippen LogP) is 4.43. The Hall–Kier alpha value is -1.65. The zero-order valence-electron chi connectivity index (χ0n) is 11.6. The summed E-state index contributed by atoms with van der Waals surface area (Å²) in [5.41, 5.74) is -0.803. The van der Waals surface area contributed by atoms with Crippen molar-refractivity contribution in [3.63, 3.8) is 0 Å². The van der Waals surface area contributed by atoms with Crippen LogP contribution in [-0.4, -0.2) is 11.6 Å². The summed E-state index contributed by atoms with van der Waals surface area (Å²) in [5.74, 6) is -0.663. The van der Waals surface area contributed by atoms with Crippen molar-refractivity contribution >= 4 is 11.6 Å². The van der Waals surface area contributed by atoms with Crippen LogP contribution in [0, 0.1) is 5.92 Å². The molecule has 0 aliphatic heterocycles. The van der Waals surface area contributed by atoms with Crippen molar-refractivity contribution in [1.29, 1.82) is 0 Å². The van der Waals surface area contributed by atoms with E-state index in [1.165, 1.54) is 12.1 Å². The molecule has 1 aromatic carbocycles. The molecule has 1 atom stereocenters. The van der Waals surface area contributed by atoms with Gasteiger partial charge in [0, 0.05) is 24.3 Å². The van der Waals surface area contributed by atoms with Gasteiger partial charge in [0.1, 0.15) is 5.78 Å². The van der Waals surface area contributed by atoms with E-state index in [1.54, 1.807) is 0 Å². The van der Waals surface area contributed by atoms with Crippen LogP contribution < -0.4 is 0 Å². The third kappa shape index (κ3) is 4.16. The van der Waals surface area contributed by atoms with Crippen LogP contribution in [0.2, 0.25) is 0 Å². The Morgan fingerprint density at radius 3 is 2.67 bits per heavy atom. The number of alkyl halides is 3. The molecule has 2 rings (SSSR count). The summed E-state index contributed by atoms with van der Waals surface area (Å²) < 4.78 is 37.9. The highest BCUT2D eigenvalue weighted by Crippen LogP contribution is 2.30. The van der Waals surface area contributed by atoms with Crippen LogP contribution in [0.15, 0.2) is 24.3 Å². The second kappa shape index (κ2) is 6.41. The summed E-state index contributed by atoms with van der Waals surface area (Å²) in [6.45, 7) is 0. The van der Waals surface area contributed by atoms with Crippen molar-refractivity contribution in [2.24, 2.45) is 5.92 Å². The first-order chi connectivity index (χ1) is 9.88. The monoisotopic (exact) mass is 298 g/mol. The average molecular weight is 298 g/mol. The fourth-order valence-electron chi connectivity index (χ4n) is 2.66. The molecule has 21 heavy (non-hydrogen) atoms. The molecule has 1 saturated carbocycles. The number of rotatable bonds is 3. The van der Waals surface area contributed by atoms with Crippen LogP contribution in [-0.2, 0) is 11.0 Å². The van der Waals surface area contributed by atoms with Crippen molar-refractivity contribution in [2.45, 2.75) is 44.7 Å². The molecule has 114 valence electrons. The molecular formula is C16H17F3O2. The summed E-state index contributed by atoms with van der Waals surface area (Å²) >= 11 is 0. The predicted molar refractivity (Wildman–Crippen MR) is 72.0 cm³/mol. The Balaban J connectivity index is 2.11. The van der Waals surface area contributed by atoms with E-state index in [0.717, 1.165) is 31.4 Å². The quantitative estimate of drug-likeness (QED) is 0.611. The fraction of sp³-hybridized carbons (Fsp3) is 0.500. The Morgan fingerprint density at radius 1 is 1.19 bits per heavy atom. The number of Topliss-reactive ketones (excluding diaryl/α,β-unsaturated/α-hetero) is 2. The Morgan fingerprint density at radius 2 is 1.95 bits per heavy atom. The largest absolute Gasteiger partial charge is 0.416 e. The van der Waals surface area contributed by atoms with Gasteiger partial charge in [0.15, 0.2) is 5.78 Å². The minimum absolute atomic E-state index is 0.0140. The summed E-state index contributed by atoms with van der Waals surface area (Å²) in [6.07, 6.45) is -0.613. The number of ketones is 2. The molecule has 0 amide bonds. The van der Waals surface area contributed by atoms with Gasteiger partial charge in [-0.1, -0.05) is 25.0 Å². The summed E-state index contributed by atoms with van der Waals surface area (Å²) in [7, 11) is 0. The zero-order chi connectivity index (χ0) is 15.5. The van der Waals surface area contributed by atoms with Crippen molar-refractivity contribution in [2.75, 3.05) is 0 Å². The standard InChI is InChI=1S/C16H17F3O2/c17-16(18,19)13-7-4-6-11(9-13)15(21)10-12-5-2-1-3-8-14(12)20/h4,6-7,9,12H,1-3,5,8,10H2. The van der Waals surface area contributed by atoms with E-state index in [1.807, 2.05) is 0 Å². The molecule has 0 heterocycles. The van der Waals surface area contributed by atoms with Gasteiger partial charge in [0.25, 0.3) is 0 Å². The molecule has 1 fully saturated rings. The smallest absolute Gasteiger partial charge is 0.299 e. The molecule has 0 saturated heterocycles. The molecule has 1 aromatic rings. The first-order valence-electron chi connectivity index (χ1n) is 7.11. The van der Waals surface area contributed by atoms with Gasteiger partial charge in [0.2, 0.25) is 0 Å². The number of benzene rings is 1. The van der Waals surface area contributed by atoms with E-state index < -0.39 is 11.7 Å². The second-order valence-corrected chi connectivity index (χ2v) is 5.47. The minimum Gasteiger partial charge on any atom is -0.299 e. The molecule has 1 aliphatic rings. The SMILES string of the molecule is O=C(CC1CCCCCC1=O)c1cccc(C(F)(F)F)c1. The molecular weight excluding hydrogens is 281 g/mol. The normalized spacial score (nSPS) is 20.1. The Kier molecular flexibility index (Phi) is 4.80. The molecule has 2 nitrogen and oxygen atoms in total. The molecule has 1 unspecified atom stereocenters. The minimum atomic E-state index is -4.46. The fourth-order valence-corrected chi connectivity index (χ4v) is 2.66. The number of halogens is 3. The number of carbonyl (C=O) groups is 2. The average Bonchev–Trinajstić information content (AvgIpc) is 2.63. The van der Waals surface area contributed by atoms with E-state index in [-0.39, 0.29) is 29.5 Å². The third-order valence-corrected chi connectivity index (χ3v) is 3.87. The van der Waals surface area contributed by atoms with Gasteiger partial charge in [-0.2, -0.15) is 13.2 Å². The summed E-state index contributed by atoms with van der Waals surface area (Å²) in [5, 5.41) is 0. The van der Waals surface area contributed by atoms with Crippen LogP contribution in [0.4, 0.5) is 13.2 Å². The van der Waals surface area contributed by atoms with E-state index in [2.05, 4.69) is 0 Å². The topological polar surface area (TPSA) is 34.1 Å². The van der Waals surface area contributed by atoms with Crippen molar-refractivity contribution in [3.05, 3.63) is 35.4 Å². The van der Waals surface area contributed by atoms with Crippen molar-refractivity contribution in [1.82, 2.24) is 0 Å². The van der Waals surface area contributed by atoms with Crippen LogP contribution in [0.5, 0.6) is 0 Å².